The lowest BCUT2D eigenvalue weighted by Crippen LogP contribution is -1.92. The fourth-order valence-electron chi connectivity index (χ4n) is 1.28. The lowest BCUT2D eigenvalue weighted by Gasteiger charge is -2.01. The van der Waals surface area contributed by atoms with Crippen molar-refractivity contribution in [2.24, 2.45) is 0 Å². The van der Waals surface area contributed by atoms with E-state index in [2.05, 4.69) is 15.0 Å². The smallest absolute Gasteiger partial charge is 0.223 e. The fourth-order valence-corrected chi connectivity index (χ4v) is 1.50. The van der Waals surface area contributed by atoms with Crippen molar-refractivity contribution in [3.05, 3.63) is 40.9 Å². The number of rotatable bonds is 1. The summed E-state index contributed by atoms with van der Waals surface area (Å²) in [5.41, 5.74) is 2.62. The summed E-state index contributed by atoms with van der Waals surface area (Å²) in [5.74, 6) is 0. The molecule has 2 aromatic heterocycles. The molecule has 0 amide bonds. The van der Waals surface area contributed by atoms with E-state index < -0.39 is 0 Å². The first kappa shape index (κ1) is 10.5. The lowest BCUT2D eigenvalue weighted by molar-refractivity contribution is 1.09. The van der Waals surface area contributed by atoms with Crippen LogP contribution in [0.15, 0.2) is 24.4 Å². The van der Waals surface area contributed by atoms with Crippen molar-refractivity contribution in [1.82, 2.24) is 15.0 Å². The highest BCUT2D eigenvalue weighted by Crippen LogP contribution is 2.17. The van der Waals surface area contributed by atoms with Gasteiger partial charge in [0.25, 0.3) is 0 Å². The summed E-state index contributed by atoms with van der Waals surface area (Å²) >= 11 is 5.76. The van der Waals surface area contributed by atoms with Crippen LogP contribution in [0.5, 0.6) is 0 Å². The zero-order valence-electron chi connectivity index (χ0n) is 8.48. The van der Waals surface area contributed by atoms with Gasteiger partial charge in [-0.2, -0.15) is 5.26 Å². The van der Waals surface area contributed by atoms with Crippen molar-refractivity contribution >= 4 is 11.6 Å². The highest BCUT2D eigenvalue weighted by atomic mass is 35.5. The van der Waals surface area contributed by atoms with Gasteiger partial charge in [0, 0.05) is 11.9 Å². The maximum Gasteiger partial charge on any atom is 0.223 e. The average molecular weight is 231 g/mol. The Bertz CT molecular complexity index is 537. The molecule has 0 aliphatic heterocycles. The Morgan fingerprint density at radius 2 is 2.06 bits per heavy atom. The van der Waals surface area contributed by atoms with Crippen molar-refractivity contribution in [3.8, 4) is 17.5 Å². The van der Waals surface area contributed by atoms with E-state index >= 15 is 0 Å². The van der Waals surface area contributed by atoms with E-state index in [0.717, 1.165) is 5.69 Å². The summed E-state index contributed by atoms with van der Waals surface area (Å²) in [6.45, 7) is 1.83. The van der Waals surface area contributed by atoms with Crippen LogP contribution in [0.25, 0.3) is 11.4 Å². The molecule has 0 unspecified atom stereocenters. The molecule has 4 nitrogen and oxygen atoms in total. The average Bonchev–Trinajstić information content (AvgIpc) is 2.28. The van der Waals surface area contributed by atoms with Crippen LogP contribution in [0.3, 0.4) is 0 Å². The number of pyridine rings is 1. The standard InChI is InChI=1S/C11H7ClN4/c1-7-4-10(16-11(12)15-7)9-3-2-8(5-13)6-14-9/h2-4,6H,1H3. The second-order valence-corrected chi connectivity index (χ2v) is 3.55. The molecule has 0 aliphatic rings. The molecule has 0 fully saturated rings. The van der Waals surface area contributed by atoms with Crippen LogP contribution < -0.4 is 0 Å². The van der Waals surface area contributed by atoms with Gasteiger partial charge in [-0.25, -0.2) is 9.97 Å². The minimum atomic E-state index is 0.196. The number of aromatic nitrogens is 3. The number of nitriles is 1. The van der Waals surface area contributed by atoms with E-state index in [-0.39, 0.29) is 5.28 Å². The highest BCUT2D eigenvalue weighted by Gasteiger charge is 2.04. The zero-order valence-corrected chi connectivity index (χ0v) is 9.23. The molecule has 0 radical (unpaired) electrons. The maximum absolute atomic E-state index is 8.65. The van der Waals surface area contributed by atoms with E-state index in [9.17, 15) is 0 Å². The second kappa shape index (κ2) is 4.25. The van der Waals surface area contributed by atoms with Gasteiger partial charge < -0.3 is 0 Å². The first-order chi connectivity index (χ1) is 7.69. The predicted octanol–water partition coefficient (Wildman–Crippen LogP) is 2.37. The van der Waals surface area contributed by atoms with E-state index in [1.165, 1.54) is 6.20 Å². The van der Waals surface area contributed by atoms with Crippen LogP contribution in [0, 0.1) is 18.3 Å². The largest absolute Gasteiger partial charge is 0.253 e. The molecule has 0 aliphatic carbocycles. The molecular weight excluding hydrogens is 224 g/mol. The minimum absolute atomic E-state index is 0.196. The normalized spacial score (nSPS) is 9.81. The van der Waals surface area contributed by atoms with E-state index in [0.29, 0.717) is 17.0 Å². The van der Waals surface area contributed by atoms with E-state index in [1.54, 1.807) is 18.2 Å². The van der Waals surface area contributed by atoms with Crippen molar-refractivity contribution in [1.29, 1.82) is 5.26 Å². The van der Waals surface area contributed by atoms with Crippen molar-refractivity contribution in [3.63, 3.8) is 0 Å². The number of nitrogens with zero attached hydrogens (tertiary/aromatic N) is 4. The maximum atomic E-state index is 8.65. The van der Waals surface area contributed by atoms with Gasteiger partial charge in [-0.3, -0.25) is 4.98 Å². The number of aryl methyl sites for hydroxylation is 1. The highest BCUT2D eigenvalue weighted by molar-refractivity contribution is 6.28. The number of hydrogen-bond donors (Lipinski definition) is 0. The van der Waals surface area contributed by atoms with Crippen molar-refractivity contribution in [2.45, 2.75) is 6.92 Å². The van der Waals surface area contributed by atoms with Gasteiger partial charge in [0.1, 0.15) is 6.07 Å². The first-order valence-electron chi connectivity index (χ1n) is 4.57. The third-order valence-corrected chi connectivity index (χ3v) is 2.15. The third-order valence-electron chi connectivity index (χ3n) is 1.98. The van der Waals surface area contributed by atoms with Crippen LogP contribution >= 0.6 is 11.6 Å². The van der Waals surface area contributed by atoms with Gasteiger partial charge in [-0.05, 0) is 36.7 Å². The third kappa shape index (κ3) is 2.15. The van der Waals surface area contributed by atoms with Crippen molar-refractivity contribution < 1.29 is 0 Å². The topological polar surface area (TPSA) is 62.5 Å². The molecular formula is C11H7ClN4. The predicted molar refractivity (Wildman–Crippen MR) is 59.7 cm³/mol. The molecule has 0 aromatic carbocycles. The number of hydrogen-bond acceptors (Lipinski definition) is 4. The Hall–Kier alpha value is -1.99. The Kier molecular flexibility index (Phi) is 2.80. The second-order valence-electron chi connectivity index (χ2n) is 3.21. The monoisotopic (exact) mass is 230 g/mol. The van der Waals surface area contributed by atoms with Gasteiger partial charge in [0.15, 0.2) is 0 Å². The summed E-state index contributed by atoms with van der Waals surface area (Å²) in [5, 5.41) is 8.85. The molecule has 0 saturated heterocycles. The molecule has 78 valence electrons. The molecule has 2 rings (SSSR count). The summed E-state index contributed by atoms with van der Waals surface area (Å²) in [7, 11) is 0. The lowest BCUT2D eigenvalue weighted by atomic mass is 10.2. The Morgan fingerprint density at radius 1 is 1.25 bits per heavy atom. The SMILES string of the molecule is Cc1cc(-c2ccc(C#N)cn2)nc(Cl)n1. The molecule has 16 heavy (non-hydrogen) atoms. The van der Waals surface area contributed by atoms with Crippen LogP contribution in [-0.4, -0.2) is 15.0 Å². The van der Waals surface area contributed by atoms with Gasteiger partial charge >= 0.3 is 0 Å². The Labute approximate surface area is 97.6 Å². The molecule has 0 spiro atoms. The molecule has 0 bridgehead atoms. The summed E-state index contributed by atoms with van der Waals surface area (Å²) in [4.78, 5) is 12.2. The first-order valence-corrected chi connectivity index (χ1v) is 4.94. The van der Waals surface area contributed by atoms with E-state index in [1.807, 2.05) is 13.0 Å². The molecule has 2 heterocycles. The van der Waals surface area contributed by atoms with Gasteiger partial charge in [-0.15, -0.1) is 0 Å². The summed E-state index contributed by atoms with van der Waals surface area (Å²) in [6, 6.07) is 7.22. The Balaban J connectivity index is 2.47. The molecule has 0 saturated carbocycles. The summed E-state index contributed by atoms with van der Waals surface area (Å²) in [6.07, 6.45) is 1.50. The zero-order chi connectivity index (χ0) is 11.5. The van der Waals surface area contributed by atoms with Gasteiger partial charge in [0.2, 0.25) is 5.28 Å². The van der Waals surface area contributed by atoms with Crippen LogP contribution in [0.2, 0.25) is 5.28 Å². The molecule has 2 aromatic rings. The van der Waals surface area contributed by atoms with Crippen LogP contribution in [0.1, 0.15) is 11.3 Å². The molecule has 5 heteroatoms. The molecule has 0 N–H and O–H groups in total. The van der Waals surface area contributed by atoms with E-state index in [4.69, 9.17) is 16.9 Å². The number of halogens is 1. The Morgan fingerprint density at radius 3 is 2.62 bits per heavy atom. The van der Waals surface area contributed by atoms with Crippen LogP contribution in [0.4, 0.5) is 0 Å². The van der Waals surface area contributed by atoms with Crippen LogP contribution in [-0.2, 0) is 0 Å². The quantitative estimate of drug-likeness (QED) is 0.706. The summed E-state index contributed by atoms with van der Waals surface area (Å²) < 4.78 is 0. The fraction of sp³-hybridized carbons (Fsp3) is 0.0909. The van der Waals surface area contributed by atoms with Gasteiger partial charge in [0.05, 0.1) is 17.0 Å². The van der Waals surface area contributed by atoms with Gasteiger partial charge in [-0.1, -0.05) is 0 Å². The minimum Gasteiger partial charge on any atom is -0.253 e. The van der Waals surface area contributed by atoms with Crippen molar-refractivity contribution in [2.75, 3.05) is 0 Å². The molecule has 0 atom stereocenters.